The molecule has 1 amide bonds. The largest absolute Gasteiger partial charge is 0.479 e. The number of carbonyl (C=O) groups excluding carboxylic acids is 1. The molecule has 0 saturated heterocycles. The van der Waals surface area contributed by atoms with Gasteiger partial charge in [-0.25, -0.2) is 4.79 Å². The Labute approximate surface area is 130 Å². The van der Waals surface area contributed by atoms with Gasteiger partial charge in [0.2, 0.25) is 0 Å². The minimum atomic E-state index is -1.96. The van der Waals surface area contributed by atoms with Crippen molar-refractivity contribution in [2.75, 3.05) is 6.54 Å². The van der Waals surface area contributed by atoms with E-state index in [4.69, 9.17) is 5.11 Å². The summed E-state index contributed by atoms with van der Waals surface area (Å²) in [4.78, 5) is 22.8. The van der Waals surface area contributed by atoms with E-state index < -0.39 is 11.6 Å². The Kier molecular flexibility index (Phi) is 5.19. The van der Waals surface area contributed by atoms with Crippen LogP contribution in [0.1, 0.15) is 60.9 Å². The predicted octanol–water partition coefficient (Wildman–Crippen LogP) is 2.30. The Bertz CT molecular complexity index is 530. The number of amides is 1. The van der Waals surface area contributed by atoms with Crippen molar-refractivity contribution in [2.45, 2.75) is 50.5 Å². The van der Waals surface area contributed by atoms with E-state index >= 15 is 0 Å². The Morgan fingerprint density at radius 2 is 1.77 bits per heavy atom. The summed E-state index contributed by atoms with van der Waals surface area (Å²) in [7, 11) is 0. The highest BCUT2D eigenvalue weighted by Gasteiger charge is 2.30. The maximum Gasteiger partial charge on any atom is 0.337 e. The monoisotopic (exact) mass is 305 g/mol. The lowest BCUT2D eigenvalue weighted by Gasteiger charge is -2.22. The molecule has 3 N–H and O–H groups in total. The minimum absolute atomic E-state index is 0.328. The molecule has 5 heteroatoms. The highest BCUT2D eigenvalue weighted by molar-refractivity contribution is 5.94. The van der Waals surface area contributed by atoms with Crippen LogP contribution in [0.25, 0.3) is 0 Å². The number of carboxylic acid groups (broad SMARTS) is 1. The molecule has 1 aliphatic carbocycles. The fourth-order valence-corrected chi connectivity index (χ4v) is 2.77. The van der Waals surface area contributed by atoms with Gasteiger partial charge in [-0.05, 0) is 43.4 Å². The van der Waals surface area contributed by atoms with Crippen LogP contribution in [-0.4, -0.2) is 34.2 Å². The Hall–Kier alpha value is -1.88. The lowest BCUT2D eigenvalue weighted by molar-refractivity contribution is -0.155. The van der Waals surface area contributed by atoms with E-state index in [1.165, 1.54) is 37.7 Å². The molecule has 0 aromatic heterocycles. The number of carboxylic acids is 1. The van der Waals surface area contributed by atoms with Gasteiger partial charge in [0, 0.05) is 5.56 Å². The second-order valence-electron chi connectivity index (χ2n) is 6.22. The molecular formula is C17H23NO4. The second-order valence-corrected chi connectivity index (χ2v) is 6.22. The third kappa shape index (κ3) is 4.07. The van der Waals surface area contributed by atoms with Crippen molar-refractivity contribution in [1.82, 2.24) is 5.32 Å². The van der Waals surface area contributed by atoms with Gasteiger partial charge >= 0.3 is 5.97 Å². The molecule has 0 radical (unpaired) electrons. The highest BCUT2D eigenvalue weighted by Crippen LogP contribution is 2.32. The molecule has 1 aromatic carbocycles. The molecule has 0 spiro atoms. The molecule has 120 valence electrons. The number of hydrogen-bond acceptors (Lipinski definition) is 3. The van der Waals surface area contributed by atoms with Crippen molar-refractivity contribution < 1.29 is 19.8 Å². The summed E-state index contributed by atoms with van der Waals surface area (Å²) >= 11 is 0. The van der Waals surface area contributed by atoms with Gasteiger partial charge in [-0.3, -0.25) is 4.79 Å². The number of rotatable bonds is 5. The van der Waals surface area contributed by atoms with E-state index in [1.54, 1.807) is 12.1 Å². The van der Waals surface area contributed by atoms with Crippen molar-refractivity contribution in [3.63, 3.8) is 0 Å². The molecule has 1 fully saturated rings. The summed E-state index contributed by atoms with van der Waals surface area (Å²) in [6.07, 6.45) is 6.23. The second kappa shape index (κ2) is 6.92. The van der Waals surface area contributed by atoms with E-state index in [9.17, 15) is 14.7 Å². The average molecular weight is 305 g/mol. The van der Waals surface area contributed by atoms with Gasteiger partial charge in [0.05, 0.1) is 6.54 Å². The number of aliphatic carboxylic acids is 1. The molecule has 1 aliphatic rings. The summed E-state index contributed by atoms with van der Waals surface area (Å²) in [5.41, 5.74) is -0.230. The maximum atomic E-state index is 12.0. The van der Waals surface area contributed by atoms with Crippen molar-refractivity contribution in [1.29, 1.82) is 0 Å². The molecule has 1 aromatic rings. The average Bonchev–Trinajstić information content (AvgIpc) is 2.53. The third-order valence-corrected chi connectivity index (χ3v) is 4.30. The molecule has 2 rings (SSSR count). The number of benzene rings is 1. The van der Waals surface area contributed by atoms with Gasteiger partial charge < -0.3 is 15.5 Å². The molecule has 1 atom stereocenters. The fraction of sp³-hybridized carbons (Fsp3) is 0.529. The van der Waals surface area contributed by atoms with Gasteiger partial charge in [-0.15, -0.1) is 0 Å². The van der Waals surface area contributed by atoms with E-state index in [0.717, 1.165) is 6.92 Å². The van der Waals surface area contributed by atoms with Crippen LogP contribution in [-0.2, 0) is 4.79 Å². The van der Waals surface area contributed by atoms with E-state index in [2.05, 4.69) is 5.32 Å². The van der Waals surface area contributed by atoms with Crippen LogP contribution in [0.5, 0.6) is 0 Å². The summed E-state index contributed by atoms with van der Waals surface area (Å²) in [5.74, 6) is -1.16. The van der Waals surface area contributed by atoms with Crippen LogP contribution in [0, 0.1) is 0 Å². The van der Waals surface area contributed by atoms with E-state index in [0.29, 0.717) is 11.5 Å². The van der Waals surface area contributed by atoms with Gasteiger partial charge in [-0.1, -0.05) is 31.4 Å². The van der Waals surface area contributed by atoms with E-state index in [-0.39, 0.29) is 12.5 Å². The topological polar surface area (TPSA) is 86.6 Å². The lowest BCUT2D eigenvalue weighted by Crippen LogP contribution is -2.46. The molecule has 1 unspecified atom stereocenters. The molecule has 1 saturated carbocycles. The highest BCUT2D eigenvalue weighted by atomic mass is 16.4. The first kappa shape index (κ1) is 16.5. The van der Waals surface area contributed by atoms with Crippen LogP contribution in [0.4, 0.5) is 0 Å². The van der Waals surface area contributed by atoms with Crippen molar-refractivity contribution >= 4 is 11.9 Å². The zero-order valence-corrected chi connectivity index (χ0v) is 12.8. The molecular weight excluding hydrogens is 282 g/mol. The number of carbonyl (C=O) groups is 2. The molecule has 0 bridgehead atoms. The van der Waals surface area contributed by atoms with Crippen LogP contribution >= 0.6 is 0 Å². The first-order valence-electron chi connectivity index (χ1n) is 7.74. The minimum Gasteiger partial charge on any atom is -0.479 e. The van der Waals surface area contributed by atoms with Crippen molar-refractivity contribution in [3.8, 4) is 0 Å². The Balaban J connectivity index is 1.95. The summed E-state index contributed by atoms with van der Waals surface area (Å²) in [5, 5.41) is 20.8. The van der Waals surface area contributed by atoms with Crippen LogP contribution < -0.4 is 5.32 Å². The molecule has 22 heavy (non-hydrogen) atoms. The molecule has 5 nitrogen and oxygen atoms in total. The van der Waals surface area contributed by atoms with Gasteiger partial charge in [0.25, 0.3) is 5.91 Å². The summed E-state index contributed by atoms with van der Waals surface area (Å²) in [6.45, 7) is 0.827. The first-order chi connectivity index (χ1) is 10.4. The quantitative estimate of drug-likeness (QED) is 0.779. The van der Waals surface area contributed by atoms with Crippen LogP contribution in [0.15, 0.2) is 24.3 Å². The smallest absolute Gasteiger partial charge is 0.337 e. The number of aliphatic hydroxyl groups is 1. The fourth-order valence-electron chi connectivity index (χ4n) is 2.77. The first-order valence-corrected chi connectivity index (χ1v) is 7.74. The van der Waals surface area contributed by atoms with Crippen molar-refractivity contribution in [2.24, 2.45) is 0 Å². The number of hydrogen-bond donors (Lipinski definition) is 3. The standard InChI is InChI=1S/C17H23NO4/c1-17(22,16(20)21)11-18-15(19)14-9-7-13(8-10-14)12-5-3-2-4-6-12/h7-10,12,22H,2-6,11H2,1H3,(H,18,19)(H,20,21). The van der Waals surface area contributed by atoms with Gasteiger partial charge in [-0.2, -0.15) is 0 Å². The SMILES string of the molecule is CC(O)(CNC(=O)c1ccc(C2CCCCC2)cc1)C(=O)O. The maximum absolute atomic E-state index is 12.0. The van der Waals surface area contributed by atoms with Gasteiger partial charge in [0.1, 0.15) is 0 Å². The molecule has 0 heterocycles. The summed E-state index contributed by atoms with van der Waals surface area (Å²) < 4.78 is 0. The van der Waals surface area contributed by atoms with Crippen LogP contribution in [0.3, 0.4) is 0 Å². The Morgan fingerprint density at radius 3 is 2.32 bits per heavy atom. The predicted molar refractivity (Wildman–Crippen MR) is 82.9 cm³/mol. The zero-order chi connectivity index (χ0) is 16.2. The van der Waals surface area contributed by atoms with E-state index in [1.807, 2.05) is 12.1 Å². The normalized spacial score (nSPS) is 18.5. The third-order valence-electron chi connectivity index (χ3n) is 4.30. The Morgan fingerprint density at radius 1 is 1.18 bits per heavy atom. The van der Waals surface area contributed by atoms with Crippen LogP contribution in [0.2, 0.25) is 0 Å². The summed E-state index contributed by atoms with van der Waals surface area (Å²) in [6, 6.07) is 7.46. The van der Waals surface area contributed by atoms with Crippen molar-refractivity contribution in [3.05, 3.63) is 35.4 Å². The molecule has 0 aliphatic heterocycles. The number of nitrogens with one attached hydrogen (secondary N) is 1. The lowest BCUT2D eigenvalue weighted by atomic mass is 9.84. The van der Waals surface area contributed by atoms with Gasteiger partial charge in [0.15, 0.2) is 5.60 Å². The zero-order valence-electron chi connectivity index (χ0n) is 12.8.